The maximum atomic E-state index is 9.37. The minimum atomic E-state index is -0.745. The Bertz CT molecular complexity index is 291. The third-order valence-electron chi connectivity index (χ3n) is 1.52. The average molecular weight is 208 g/mol. The fourth-order valence-corrected chi connectivity index (χ4v) is 0.753. The molecule has 1 aromatic rings. The summed E-state index contributed by atoms with van der Waals surface area (Å²) >= 11 is 0. The van der Waals surface area contributed by atoms with Crippen molar-refractivity contribution in [3.05, 3.63) is 42.0 Å². The summed E-state index contributed by atoms with van der Waals surface area (Å²) in [7, 11) is 0. The van der Waals surface area contributed by atoms with Crippen molar-refractivity contribution in [1.82, 2.24) is 0 Å². The summed E-state index contributed by atoms with van der Waals surface area (Å²) in [6, 6.07) is 9.89. The Morgan fingerprint density at radius 2 is 1.87 bits per heavy atom. The molecule has 0 radical (unpaired) electrons. The summed E-state index contributed by atoms with van der Waals surface area (Å²) in [6.45, 7) is 1.71. The summed E-state index contributed by atoms with van der Waals surface area (Å²) in [5.74, 6) is -0.745. The van der Waals surface area contributed by atoms with E-state index in [1.54, 1.807) is 13.0 Å². The summed E-state index contributed by atoms with van der Waals surface area (Å²) < 4.78 is 0. The first-order valence-electron chi connectivity index (χ1n) is 4.75. The van der Waals surface area contributed by atoms with Crippen LogP contribution >= 0.6 is 0 Å². The van der Waals surface area contributed by atoms with Crippen LogP contribution in [0.5, 0.6) is 0 Å². The summed E-state index contributed by atoms with van der Waals surface area (Å²) in [6.07, 6.45) is 3.83. The van der Waals surface area contributed by atoms with Crippen LogP contribution < -0.4 is 0 Å². The Hall–Kier alpha value is -1.61. The van der Waals surface area contributed by atoms with E-state index in [0.717, 1.165) is 5.56 Å². The van der Waals surface area contributed by atoms with Gasteiger partial charge in [0.2, 0.25) is 0 Å². The Balaban J connectivity index is 0.000000336. The van der Waals surface area contributed by atoms with Gasteiger partial charge >= 0.3 is 5.97 Å². The van der Waals surface area contributed by atoms with Gasteiger partial charge in [0.05, 0.1) is 6.61 Å². The van der Waals surface area contributed by atoms with Gasteiger partial charge in [-0.1, -0.05) is 49.4 Å². The average Bonchev–Trinajstić information content (AvgIpc) is 2.28. The van der Waals surface area contributed by atoms with E-state index in [9.17, 15) is 4.79 Å². The molecule has 3 nitrogen and oxygen atoms in total. The third kappa shape index (κ3) is 8.71. The van der Waals surface area contributed by atoms with Gasteiger partial charge in [-0.25, -0.2) is 0 Å². The molecule has 0 aliphatic rings. The predicted molar refractivity (Wildman–Crippen MR) is 60.5 cm³/mol. The van der Waals surface area contributed by atoms with Gasteiger partial charge in [0.25, 0.3) is 0 Å². The van der Waals surface area contributed by atoms with Crippen LogP contribution in [0.15, 0.2) is 36.4 Å². The molecule has 0 saturated heterocycles. The molecular weight excluding hydrogens is 192 g/mol. The number of aliphatic carboxylic acids is 1. The van der Waals surface area contributed by atoms with E-state index in [-0.39, 0.29) is 13.0 Å². The quantitative estimate of drug-likeness (QED) is 0.800. The lowest BCUT2D eigenvalue weighted by atomic mass is 10.2. The second-order valence-electron chi connectivity index (χ2n) is 2.74. The first-order valence-corrected chi connectivity index (χ1v) is 4.75. The largest absolute Gasteiger partial charge is 0.481 e. The molecule has 1 aromatic carbocycles. The predicted octanol–water partition coefficient (Wildman–Crippen LogP) is 2.17. The molecule has 0 heterocycles. The molecule has 0 aliphatic heterocycles. The zero-order chi connectivity index (χ0) is 11.5. The van der Waals surface area contributed by atoms with Crippen molar-refractivity contribution >= 4 is 12.0 Å². The molecule has 15 heavy (non-hydrogen) atoms. The number of carbonyl (C=O) groups is 1. The molecule has 0 fully saturated rings. The fourth-order valence-electron chi connectivity index (χ4n) is 0.753. The monoisotopic (exact) mass is 208 g/mol. The van der Waals surface area contributed by atoms with Crippen molar-refractivity contribution in [2.45, 2.75) is 13.3 Å². The summed E-state index contributed by atoms with van der Waals surface area (Å²) in [5.41, 5.74) is 1.12. The van der Waals surface area contributed by atoms with Crippen molar-refractivity contribution in [2.75, 3.05) is 6.61 Å². The van der Waals surface area contributed by atoms with Crippen molar-refractivity contribution < 1.29 is 15.0 Å². The smallest absolute Gasteiger partial charge is 0.303 e. The zero-order valence-electron chi connectivity index (χ0n) is 8.76. The number of benzene rings is 1. The molecule has 0 amide bonds. The second kappa shape index (κ2) is 8.97. The van der Waals surface area contributed by atoms with Gasteiger partial charge in [-0.15, -0.1) is 0 Å². The van der Waals surface area contributed by atoms with Crippen LogP contribution in [0.2, 0.25) is 0 Å². The molecule has 0 unspecified atom stereocenters. The lowest BCUT2D eigenvalue weighted by Crippen LogP contribution is -1.86. The van der Waals surface area contributed by atoms with Crippen LogP contribution in [-0.4, -0.2) is 22.8 Å². The number of carboxylic acids is 1. The van der Waals surface area contributed by atoms with Crippen molar-refractivity contribution in [3.63, 3.8) is 0 Å². The van der Waals surface area contributed by atoms with E-state index < -0.39 is 5.97 Å². The Kier molecular flexibility index (Phi) is 8.00. The molecular formula is C12H16O3. The number of aliphatic hydroxyl groups excluding tert-OH is 1. The zero-order valence-corrected chi connectivity index (χ0v) is 8.76. The summed E-state index contributed by atoms with van der Waals surface area (Å²) in [4.78, 5) is 9.37. The molecule has 0 spiro atoms. The van der Waals surface area contributed by atoms with E-state index in [1.807, 2.05) is 36.4 Å². The van der Waals surface area contributed by atoms with E-state index in [0.29, 0.717) is 0 Å². The first kappa shape index (κ1) is 13.4. The topological polar surface area (TPSA) is 57.5 Å². The van der Waals surface area contributed by atoms with Gasteiger partial charge in [-0.2, -0.15) is 0 Å². The molecule has 3 heteroatoms. The minimum Gasteiger partial charge on any atom is -0.481 e. The molecule has 0 aromatic heterocycles. The Morgan fingerprint density at radius 1 is 1.33 bits per heavy atom. The lowest BCUT2D eigenvalue weighted by molar-refractivity contribution is -0.136. The van der Waals surface area contributed by atoms with Crippen LogP contribution in [0.3, 0.4) is 0 Å². The second-order valence-corrected chi connectivity index (χ2v) is 2.74. The van der Waals surface area contributed by atoms with Gasteiger partial charge < -0.3 is 10.2 Å². The Labute approximate surface area is 89.7 Å². The number of hydrogen-bond acceptors (Lipinski definition) is 2. The number of rotatable bonds is 3. The normalized spacial score (nSPS) is 9.47. The van der Waals surface area contributed by atoms with E-state index in [1.165, 1.54) is 0 Å². The van der Waals surface area contributed by atoms with Crippen LogP contribution in [0.4, 0.5) is 0 Å². The van der Waals surface area contributed by atoms with Crippen molar-refractivity contribution in [2.24, 2.45) is 0 Å². The van der Waals surface area contributed by atoms with Crippen LogP contribution in [-0.2, 0) is 4.79 Å². The van der Waals surface area contributed by atoms with E-state index in [4.69, 9.17) is 10.2 Å². The minimum absolute atomic E-state index is 0.106. The van der Waals surface area contributed by atoms with Gasteiger partial charge in [-0.05, 0) is 5.56 Å². The SMILES string of the molecule is CCC(=O)O.OCC=Cc1ccccc1. The van der Waals surface area contributed by atoms with Crippen molar-refractivity contribution in [1.29, 1.82) is 0 Å². The van der Waals surface area contributed by atoms with Crippen LogP contribution in [0.25, 0.3) is 6.08 Å². The summed E-state index contributed by atoms with van der Waals surface area (Å²) in [5, 5.41) is 16.2. The van der Waals surface area contributed by atoms with Gasteiger partial charge in [0.15, 0.2) is 0 Å². The molecule has 0 atom stereocenters. The fraction of sp³-hybridized carbons (Fsp3) is 0.250. The highest BCUT2D eigenvalue weighted by Crippen LogP contribution is 1.99. The highest BCUT2D eigenvalue weighted by Gasteiger charge is 1.81. The van der Waals surface area contributed by atoms with E-state index >= 15 is 0 Å². The molecule has 82 valence electrons. The van der Waals surface area contributed by atoms with E-state index in [2.05, 4.69) is 0 Å². The molecule has 0 bridgehead atoms. The van der Waals surface area contributed by atoms with Crippen LogP contribution in [0, 0.1) is 0 Å². The standard InChI is InChI=1S/C9H10O.C3H6O2/c10-8-4-7-9-5-2-1-3-6-9;1-2-3(4)5/h1-7,10H,8H2;2H2,1H3,(H,4,5). The molecule has 0 saturated carbocycles. The van der Waals surface area contributed by atoms with Gasteiger partial charge in [0.1, 0.15) is 0 Å². The highest BCUT2D eigenvalue weighted by atomic mass is 16.4. The van der Waals surface area contributed by atoms with Gasteiger partial charge in [0, 0.05) is 6.42 Å². The Morgan fingerprint density at radius 3 is 2.27 bits per heavy atom. The maximum absolute atomic E-state index is 9.37. The number of aliphatic hydroxyl groups is 1. The maximum Gasteiger partial charge on any atom is 0.303 e. The van der Waals surface area contributed by atoms with Gasteiger partial charge in [-0.3, -0.25) is 4.79 Å². The lowest BCUT2D eigenvalue weighted by Gasteiger charge is -1.88. The molecule has 0 aliphatic carbocycles. The number of hydrogen-bond donors (Lipinski definition) is 2. The third-order valence-corrected chi connectivity index (χ3v) is 1.52. The highest BCUT2D eigenvalue weighted by molar-refractivity contribution is 5.66. The first-order chi connectivity index (χ1) is 7.20. The van der Waals surface area contributed by atoms with Crippen molar-refractivity contribution in [3.8, 4) is 0 Å². The van der Waals surface area contributed by atoms with Crippen LogP contribution in [0.1, 0.15) is 18.9 Å². The molecule has 2 N–H and O–H groups in total. The molecule has 1 rings (SSSR count). The number of carboxylic acid groups (broad SMARTS) is 1.